The summed E-state index contributed by atoms with van der Waals surface area (Å²) in [5.41, 5.74) is -0.451. The summed E-state index contributed by atoms with van der Waals surface area (Å²) in [5.74, 6) is -0.747. The predicted octanol–water partition coefficient (Wildman–Crippen LogP) is 0.837. The topological polar surface area (TPSA) is 43.4 Å². The summed E-state index contributed by atoms with van der Waals surface area (Å²) in [6.45, 7) is 4.83. The minimum atomic E-state index is -0.613. The Bertz CT molecular complexity index is 248. The molecule has 0 aromatic heterocycles. The molecule has 0 amide bonds. The monoisotopic (exact) mass is 154 g/mol. The van der Waals surface area contributed by atoms with Crippen LogP contribution in [-0.2, 0) is 14.3 Å². The van der Waals surface area contributed by atoms with Crippen LogP contribution in [0, 0.1) is 0 Å². The Kier molecular flexibility index (Phi) is 1.59. The first-order valence-corrected chi connectivity index (χ1v) is 3.39. The number of carbonyl (C=O) groups excluding carboxylic acids is 2. The van der Waals surface area contributed by atoms with Gasteiger partial charge in [-0.15, -0.1) is 0 Å². The fourth-order valence-corrected chi connectivity index (χ4v) is 0.975. The van der Waals surface area contributed by atoms with E-state index in [9.17, 15) is 9.59 Å². The van der Waals surface area contributed by atoms with E-state index in [-0.39, 0.29) is 11.4 Å². The van der Waals surface area contributed by atoms with E-state index >= 15 is 0 Å². The zero-order chi connectivity index (χ0) is 8.65. The molecule has 0 N–H and O–H groups in total. The molecule has 1 aliphatic heterocycles. The van der Waals surface area contributed by atoms with Crippen LogP contribution in [0.1, 0.15) is 20.8 Å². The summed E-state index contributed by atoms with van der Waals surface area (Å²) in [5, 5.41) is 0. The lowest BCUT2D eigenvalue weighted by atomic mass is 10.1. The van der Waals surface area contributed by atoms with E-state index in [1.54, 1.807) is 19.9 Å². The molecule has 0 aromatic rings. The smallest absolute Gasteiger partial charge is 0.342 e. The van der Waals surface area contributed by atoms with Crippen LogP contribution in [0.4, 0.5) is 0 Å². The van der Waals surface area contributed by atoms with Crippen molar-refractivity contribution in [1.82, 2.24) is 0 Å². The van der Waals surface area contributed by atoms with Gasteiger partial charge in [0.25, 0.3) is 0 Å². The Morgan fingerprint density at radius 3 is 2.27 bits per heavy atom. The molecule has 0 fully saturated rings. The van der Waals surface area contributed by atoms with Crippen LogP contribution in [0.5, 0.6) is 0 Å². The fourth-order valence-electron chi connectivity index (χ4n) is 0.975. The van der Waals surface area contributed by atoms with E-state index in [0.717, 1.165) is 0 Å². The molecule has 0 spiro atoms. The number of ether oxygens (including phenoxy) is 1. The quantitative estimate of drug-likeness (QED) is 0.415. The molecule has 60 valence electrons. The normalized spacial score (nSPS) is 21.0. The van der Waals surface area contributed by atoms with Crippen molar-refractivity contribution >= 4 is 11.8 Å². The van der Waals surface area contributed by atoms with Crippen molar-refractivity contribution in [1.29, 1.82) is 0 Å². The fraction of sp³-hybridized carbons (Fsp3) is 0.500. The van der Waals surface area contributed by atoms with Crippen LogP contribution in [0.15, 0.2) is 11.6 Å². The molecular formula is C8H10O3. The van der Waals surface area contributed by atoms with Crippen molar-refractivity contribution in [2.24, 2.45) is 0 Å². The van der Waals surface area contributed by atoms with E-state index in [0.29, 0.717) is 0 Å². The highest BCUT2D eigenvalue weighted by atomic mass is 16.6. The van der Waals surface area contributed by atoms with Crippen molar-refractivity contribution in [2.45, 2.75) is 26.4 Å². The van der Waals surface area contributed by atoms with Gasteiger partial charge in [0.1, 0.15) is 11.2 Å². The standard InChI is InChI=1S/C8H10O3/c1-5(9)6-4-8(2,3)11-7(6)10/h4H,1-3H3. The average Bonchev–Trinajstić information content (AvgIpc) is 2.05. The molecular weight excluding hydrogens is 144 g/mol. The summed E-state index contributed by atoms with van der Waals surface area (Å²) < 4.78 is 4.87. The Hall–Kier alpha value is -1.12. The van der Waals surface area contributed by atoms with Crippen LogP contribution in [0.25, 0.3) is 0 Å². The number of ketones is 1. The van der Waals surface area contributed by atoms with E-state index in [2.05, 4.69) is 0 Å². The number of cyclic esters (lactones) is 1. The van der Waals surface area contributed by atoms with Crippen LogP contribution in [-0.4, -0.2) is 17.4 Å². The second-order valence-corrected chi connectivity index (χ2v) is 3.11. The van der Waals surface area contributed by atoms with Crippen molar-refractivity contribution in [3.63, 3.8) is 0 Å². The zero-order valence-electron chi connectivity index (χ0n) is 6.80. The highest BCUT2D eigenvalue weighted by Gasteiger charge is 2.33. The first-order valence-electron chi connectivity index (χ1n) is 3.39. The van der Waals surface area contributed by atoms with Crippen molar-refractivity contribution in [2.75, 3.05) is 0 Å². The molecule has 0 radical (unpaired) electrons. The number of hydrogen-bond donors (Lipinski definition) is 0. The highest BCUT2D eigenvalue weighted by Crippen LogP contribution is 2.23. The Labute approximate surface area is 65.0 Å². The van der Waals surface area contributed by atoms with Gasteiger partial charge in [0.05, 0.1) is 0 Å². The van der Waals surface area contributed by atoms with Gasteiger partial charge in [-0.3, -0.25) is 4.79 Å². The number of hydrogen-bond acceptors (Lipinski definition) is 3. The first-order chi connectivity index (χ1) is 4.92. The van der Waals surface area contributed by atoms with Crippen LogP contribution in [0.2, 0.25) is 0 Å². The van der Waals surface area contributed by atoms with Gasteiger partial charge in [0.2, 0.25) is 0 Å². The summed E-state index contributed by atoms with van der Waals surface area (Å²) in [7, 11) is 0. The van der Waals surface area contributed by atoms with Crippen LogP contribution in [0.3, 0.4) is 0 Å². The summed E-state index contributed by atoms with van der Waals surface area (Å²) in [4.78, 5) is 21.7. The van der Waals surface area contributed by atoms with Crippen molar-refractivity contribution < 1.29 is 14.3 Å². The first kappa shape index (κ1) is 7.98. The van der Waals surface area contributed by atoms with Gasteiger partial charge in [-0.1, -0.05) is 0 Å². The zero-order valence-corrected chi connectivity index (χ0v) is 6.80. The largest absolute Gasteiger partial charge is 0.452 e. The Morgan fingerprint density at radius 1 is 1.55 bits per heavy atom. The molecule has 11 heavy (non-hydrogen) atoms. The molecule has 3 nitrogen and oxygen atoms in total. The van der Waals surface area contributed by atoms with Gasteiger partial charge in [0, 0.05) is 0 Å². The highest BCUT2D eigenvalue weighted by molar-refractivity contribution is 6.17. The van der Waals surface area contributed by atoms with Crippen molar-refractivity contribution in [3.05, 3.63) is 11.6 Å². The number of Topliss-reactive ketones (excluding diaryl/α,β-unsaturated/α-hetero) is 1. The maximum atomic E-state index is 10.9. The molecule has 0 aliphatic carbocycles. The van der Waals surface area contributed by atoms with E-state index in [1.807, 2.05) is 0 Å². The Morgan fingerprint density at radius 2 is 2.09 bits per heavy atom. The average molecular weight is 154 g/mol. The van der Waals surface area contributed by atoms with Crippen LogP contribution < -0.4 is 0 Å². The number of esters is 1. The minimum Gasteiger partial charge on any atom is -0.452 e. The molecule has 1 rings (SSSR count). The molecule has 0 aromatic carbocycles. The SMILES string of the molecule is CC(=O)C1=CC(C)(C)OC1=O. The summed E-state index contributed by atoms with van der Waals surface area (Å²) >= 11 is 0. The predicted molar refractivity (Wildman–Crippen MR) is 38.9 cm³/mol. The molecule has 0 atom stereocenters. The van der Waals surface area contributed by atoms with E-state index in [4.69, 9.17) is 4.74 Å². The van der Waals surface area contributed by atoms with Gasteiger partial charge >= 0.3 is 5.97 Å². The van der Waals surface area contributed by atoms with E-state index < -0.39 is 11.6 Å². The second-order valence-electron chi connectivity index (χ2n) is 3.11. The molecule has 3 heteroatoms. The lowest BCUT2D eigenvalue weighted by molar-refractivity contribution is -0.144. The number of rotatable bonds is 1. The summed E-state index contributed by atoms with van der Waals surface area (Å²) in [6, 6.07) is 0. The molecule has 0 bridgehead atoms. The van der Waals surface area contributed by atoms with Gasteiger partial charge in [-0.2, -0.15) is 0 Å². The third-order valence-corrected chi connectivity index (χ3v) is 1.45. The van der Waals surface area contributed by atoms with Crippen molar-refractivity contribution in [3.8, 4) is 0 Å². The third kappa shape index (κ3) is 1.48. The molecule has 0 saturated heterocycles. The van der Waals surface area contributed by atoms with E-state index in [1.165, 1.54) is 6.92 Å². The van der Waals surface area contributed by atoms with Gasteiger partial charge in [0.15, 0.2) is 5.78 Å². The number of carbonyl (C=O) groups is 2. The maximum absolute atomic E-state index is 10.9. The van der Waals surface area contributed by atoms with Gasteiger partial charge in [-0.05, 0) is 26.8 Å². The molecule has 1 heterocycles. The maximum Gasteiger partial charge on any atom is 0.342 e. The Balaban J connectivity index is 2.97. The lowest BCUT2D eigenvalue weighted by Crippen LogP contribution is -2.18. The lowest BCUT2D eigenvalue weighted by Gasteiger charge is -2.12. The molecule has 0 saturated carbocycles. The molecule has 1 aliphatic rings. The van der Waals surface area contributed by atoms with Gasteiger partial charge < -0.3 is 4.74 Å². The van der Waals surface area contributed by atoms with Crippen LogP contribution >= 0.6 is 0 Å². The second kappa shape index (κ2) is 2.19. The third-order valence-electron chi connectivity index (χ3n) is 1.45. The minimum absolute atomic E-state index is 0.162. The summed E-state index contributed by atoms with van der Waals surface area (Å²) in [6.07, 6.45) is 1.55. The molecule has 0 unspecified atom stereocenters. The van der Waals surface area contributed by atoms with Gasteiger partial charge in [-0.25, -0.2) is 4.79 Å².